The lowest BCUT2D eigenvalue weighted by Gasteiger charge is -2.35. The molecule has 0 bridgehead atoms. The van der Waals surface area contributed by atoms with Crippen LogP contribution in [0.2, 0.25) is 0 Å². The first-order valence-corrected chi connectivity index (χ1v) is 6.91. The molecule has 2 heterocycles. The van der Waals surface area contributed by atoms with E-state index >= 15 is 0 Å². The molecule has 1 aromatic rings. The summed E-state index contributed by atoms with van der Waals surface area (Å²) in [4.78, 5) is 11.4. The van der Waals surface area contributed by atoms with E-state index in [2.05, 4.69) is 28.7 Å². The number of morpholine rings is 1. The monoisotopic (exact) mass is 269 g/mol. The van der Waals surface area contributed by atoms with Gasteiger partial charge in [-0.15, -0.1) is 11.6 Å². The minimum atomic E-state index is 0.203. The standard InChI is InChI=1S/C13H20ClN3O/c1-9(2)13-15-10(3)6-12(16-13)17-4-5-18-8-11(17)7-14/h6,9,11H,4-5,7-8H2,1-3H3. The van der Waals surface area contributed by atoms with Crippen LogP contribution in [-0.2, 0) is 4.74 Å². The zero-order chi connectivity index (χ0) is 13.1. The largest absolute Gasteiger partial charge is 0.377 e. The molecule has 1 fully saturated rings. The Kier molecular flexibility index (Phi) is 4.40. The Morgan fingerprint density at radius 2 is 2.28 bits per heavy atom. The lowest BCUT2D eigenvalue weighted by Crippen LogP contribution is -2.47. The van der Waals surface area contributed by atoms with Gasteiger partial charge in [0.2, 0.25) is 0 Å². The second kappa shape index (κ2) is 5.85. The molecule has 0 aliphatic carbocycles. The summed E-state index contributed by atoms with van der Waals surface area (Å²) in [7, 11) is 0. The van der Waals surface area contributed by atoms with E-state index < -0.39 is 0 Å². The van der Waals surface area contributed by atoms with Gasteiger partial charge in [-0.25, -0.2) is 9.97 Å². The van der Waals surface area contributed by atoms with Gasteiger partial charge in [-0.1, -0.05) is 13.8 Å². The molecule has 1 aliphatic rings. The number of nitrogens with zero attached hydrogens (tertiary/aromatic N) is 3. The van der Waals surface area contributed by atoms with Crippen molar-refractivity contribution in [2.45, 2.75) is 32.7 Å². The molecule has 1 unspecified atom stereocenters. The van der Waals surface area contributed by atoms with Gasteiger partial charge in [0.05, 0.1) is 19.3 Å². The molecular formula is C13H20ClN3O. The van der Waals surface area contributed by atoms with Crippen molar-refractivity contribution in [3.05, 3.63) is 17.6 Å². The number of alkyl halides is 1. The number of aromatic nitrogens is 2. The SMILES string of the molecule is Cc1cc(N2CCOCC2CCl)nc(C(C)C)n1. The van der Waals surface area contributed by atoms with E-state index in [0.717, 1.165) is 30.5 Å². The van der Waals surface area contributed by atoms with Crippen LogP contribution in [0.3, 0.4) is 0 Å². The van der Waals surface area contributed by atoms with Crippen LogP contribution in [0, 0.1) is 6.92 Å². The molecule has 0 amide bonds. The highest BCUT2D eigenvalue weighted by molar-refractivity contribution is 6.18. The maximum atomic E-state index is 6.00. The predicted molar refractivity (Wildman–Crippen MR) is 73.5 cm³/mol. The van der Waals surface area contributed by atoms with Crippen molar-refractivity contribution in [2.24, 2.45) is 0 Å². The maximum absolute atomic E-state index is 6.00. The number of ether oxygens (including phenoxy) is 1. The Balaban J connectivity index is 2.30. The number of aryl methyl sites for hydroxylation is 1. The summed E-state index contributed by atoms with van der Waals surface area (Å²) in [6.07, 6.45) is 0. The van der Waals surface area contributed by atoms with Crippen molar-refractivity contribution in [3.8, 4) is 0 Å². The van der Waals surface area contributed by atoms with E-state index in [1.54, 1.807) is 0 Å². The molecule has 0 saturated carbocycles. The second-order valence-corrected chi connectivity index (χ2v) is 5.27. The van der Waals surface area contributed by atoms with E-state index in [9.17, 15) is 0 Å². The molecule has 1 aliphatic heterocycles. The lowest BCUT2D eigenvalue weighted by molar-refractivity contribution is 0.0993. The van der Waals surface area contributed by atoms with E-state index in [4.69, 9.17) is 16.3 Å². The Hall–Kier alpha value is -0.870. The Labute approximate surface area is 113 Å². The third-order valence-electron chi connectivity index (χ3n) is 3.07. The van der Waals surface area contributed by atoms with Gasteiger partial charge in [-0.2, -0.15) is 0 Å². The van der Waals surface area contributed by atoms with Gasteiger partial charge in [0.25, 0.3) is 0 Å². The minimum absolute atomic E-state index is 0.203. The van der Waals surface area contributed by atoms with Crippen molar-refractivity contribution in [1.82, 2.24) is 9.97 Å². The van der Waals surface area contributed by atoms with Crippen LogP contribution in [-0.4, -0.2) is 41.6 Å². The fourth-order valence-corrected chi connectivity index (χ4v) is 2.32. The molecule has 2 rings (SSSR count). The highest BCUT2D eigenvalue weighted by Crippen LogP contribution is 2.21. The Morgan fingerprint density at radius 3 is 2.94 bits per heavy atom. The summed E-state index contributed by atoms with van der Waals surface area (Å²) >= 11 is 6.00. The van der Waals surface area contributed by atoms with Crippen molar-refractivity contribution >= 4 is 17.4 Å². The summed E-state index contributed by atoms with van der Waals surface area (Å²) in [5.41, 5.74) is 1.00. The first-order chi connectivity index (χ1) is 8.61. The molecule has 0 aromatic carbocycles. The van der Waals surface area contributed by atoms with Gasteiger partial charge in [-0.05, 0) is 6.92 Å². The molecule has 1 atom stereocenters. The number of hydrogen-bond donors (Lipinski definition) is 0. The third-order valence-corrected chi connectivity index (χ3v) is 3.43. The molecule has 18 heavy (non-hydrogen) atoms. The minimum Gasteiger partial charge on any atom is -0.377 e. The molecule has 5 heteroatoms. The highest BCUT2D eigenvalue weighted by Gasteiger charge is 2.24. The summed E-state index contributed by atoms with van der Waals surface area (Å²) < 4.78 is 5.46. The van der Waals surface area contributed by atoms with Crippen LogP contribution < -0.4 is 4.90 Å². The maximum Gasteiger partial charge on any atom is 0.133 e. The van der Waals surface area contributed by atoms with E-state index in [1.807, 2.05) is 13.0 Å². The molecule has 4 nitrogen and oxygen atoms in total. The summed E-state index contributed by atoms with van der Waals surface area (Å²) in [5.74, 6) is 2.75. The number of hydrogen-bond acceptors (Lipinski definition) is 4. The van der Waals surface area contributed by atoms with Crippen LogP contribution in [0.25, 0.3) is 0 Å². The second-order valence-electron chi connectivity index (χ2n) is 4.96. The first-order valence-electron chi connectivity index (χ1n) is 6.37. The summed E-state index contributed by atoms with van der Waals surface area (Å²) in [6, 6.07) is 2.23. The van der Waals surface area contributed by atoms with Crippen molar-refractivity contribution in [3.63, 3.8) is 0 Å². The van der Waals surface area contributed by atoms with Crippen LogP contribution in [0.1, 0.15) is 31.3 Å². The van der Waals surface area contributed by atoms with Gasteiger partial charge >= 0.3 is 0 Å². The third kappa shape index (κ3) is 2.93. The summed E-state index contributed by atoms with van der Waals surface area (Å²) in [6.45, 7) is 8.46. The van der Waals surface area contributed by atoms with E-state index in [-0.39, 0.29) is 6.04 Å². The molecule has 100 valence electrons. The van der Waals surface area contributed by atoms with Crippen molar-refractivity contribution < 1.29 is 4.74 Å². The zero-order valence-electron chi connectivity index (χ0n) is 11.2. The van der Waals surface area contributed by atoms with Crippen molar-refractivity contribution in [2.75, 3.05) is 30.5 Å². The van der Waals surface area contributed by atoms with Gasteiger partial charge in [0.15, 0.2) is 0 Å². The number of anilines is 1. The quantitative estimate of drug-likeness (QED) is 0.790. The average Bonchev–Trinajstić information content (AvgIpc) is 2.38. The van der Waals surface area contributed by atoms with E-state index in [0.29, 0.717) is 18.4 Å². The van der Waals surface area contributed by atoms with Gasteiger partial charge < -0.3 is 9.64 Å². The Morgan fingerprint density at radius 1 is 1.50 bits per heavy atom. The Bertz CT molecular complexity index is 411. The number of rotatable bonds is 3. The fraction of sp³-hybridized carbons (Fsp3) is 0.692. The predicted octanol–water partition coefficient (Wildman–Crippen LogP) is 2.35. The zero-order valence-corrected chi connectivity index (χ0v) is 11.9. The van der Waals surface area contributed by atoms with E-state index in [1.165, 1.54) is 0 Å². The highest BCUT2D eigenvalue weighted by atomic mass is 35.5. The number of halogens is 1. The topological polar surface area (TPSA) is 38.2 Å². The van der Waals surface area contributed by atoms with Crippen LogP contribution >= 0.6 is 11.6 Å². The molecule has 0 radical (unpaired) electrons. The molecule has 0 N–H and O–H groups in total. The first kappa shape index (κ1) is 13.6. The molecule has 1 saturated heterocycles. The van der Waals surface area contributed by atoms with Crippen LogP contribution in [0.15, 0.2) is 6.07 Å². The fourth-order valence-electron chi connectivity index (χ4n) is 2.06. The normalized spacial score (nSPS) is 20.5. The molecule has 0 spiro atoms. The van der Waals surface area contributed by atoms with Crippen LogP contribution in [0.4, 0.5) is 5.82 Å². The lowest BCUT2D eigenvalue weighted by atomic mass is 10.2. The summed E-state index contributed by atoms with van der Waals surface area (Å²) in [5, 5.41) is 0. The van der Waals surface area contributed by atoms with Gasteiger partial charge in [0, 0.05) is 30.1 Å². The molecule has 1 aromatic heterocycles. The smallest absolute Gasteiger partial charge is 0.133 e. The van der Waals surface area contributed by atoms with Gasteiger partial charge in [-0.3, -0.25) is 0 Å². The van der Waals surface area contributed by atoms with Gasteiger partial charge in [0.1, 0.15) is 11.6 Å². The van der Waals surface area contributed by atoms with Crippen LogP contribution in [0.5, 0.6) is 0 Å². The average molecular weight is 270 g/mol. The molecular weight excluding hydrogens is 250 g/mol. The van der Waals surface area contributed by atoms with Crippen molar-refractivity contribution in [1.29, 1.82) is 0 Å².